The fourth-order valence-corrected chi connectivity index (χ4v) is 2.00. The number of carbonyl (C=O) groups excluding carboxylic acids is 1. The van der Waals surface area contributed by atoms with Crippen molar-refractivity contribution in [2.45, 2.75) is 0 Å². The molecule has 0 unspecified atom stereocenters. The van der Waals surface area contributed by atoms with Gasteiger partial charge in [-0.05, 0) is 35.9 Å². The van der Waals surface area contributed by atoms with Crippen LogP contribution < -0.4 is 18.9 Å². The molecule has 0 N–H and O–H groups in total. The largest absolute Gasteiger partial charge is 0.493 e. The van der Waals surface area contributed by atoms with E-state index in [9.17, 15) is 4.79 Å². The summed E-state index contributed by atoms with van der Waals surface area (Å²) in [7, 11) is 4.61. The Morgan fingerprint density at radius 2 is 1.52 bits per heavy atom. The Morgan fingerprint density at radius 1 is 0.913 bits per heavy atom. The molecule has 0 bridgehead atoms. The molecule has 2 rings (SSSR count). The molecule has 0 aromatic heterocycles. The summed E-state index contributed by atoms with van der Waals surface area (Å²) in [5, 5.41) is 0. The Kier molecular flexibility index (Phi) is 5.63. The zero-order valence-electron chi connectivity index (χ0n) is 13.2. The molecular formula is C18H18O5. The van der Waals surface area contributed by atoms with E-state index in [4.69, 9.17) is 18.9 Å². The molecular weight excluding hydrogens is 296 g/mol. The zero-order chi connectivity index (χ0) is 16.7. The third-order valence-electron chi connectivity index (χ3n) is 3.06. The van der Waals surface area contributed by atoms with E-state index in [1.807, 2.05) is 6.07 Å². The summed E-state index contributed by atoms with van der Waals surface area (Å²) in [6.07, 6.45) is 2.96. The van der Waals surface area contributed by atoms with Gasteiger partial charge in [0.25, 0.3) is 0 Å². The van der Waals surface area contributed by atoms with Crippen molar-refractivity contribution < 1.29 is 23.7 Å². The lowest BCUT2D eigenvalue weighted by molar-refractivity contribution is -0.128. The highest BCUT2D eigenvalue weighted by molar-refractivity contribution is 5.89. The SMILES string of the molecule is COc1cc(/C=C/C(=O)Oc2ccccc2)cc(OC)c1OC. The van der Waals surface area contributed by atoms with Crippen LogP contribution in [-0.4, -0.2) is 27.3 Å². The molecule has 5 heteroatoms. The third kappa shape index (κ3) is 4.26. The maximum Gasteiger partial charge on any atom is 0.336 e. The van der Waals surface area contributed by atoms with Crippen LogP contribution in [0.25, 0.3) is 6.08 Å². The average molecular weight is 314 g/mol. The van der Waals surface area contributed by atoms with Gasteiger partial charge in [0.2, 0.25) is 5.75 Å². The normalized spacial score (nSPS) is 10.4. The Labute approximate surface area is 135 Å². The van der Waals surface area contributed by atoms with E-state index in [2.05, 4.69) is 0 Å². The van der Waals surface area contributed by atoms with Crippen LogP contribution in [0, 0.1) is 0 Å². The summed E-state index contributed by atoms with van der Waals surface area (Å²) in [4.78, 5) is 11.8. The lowest BCUT2D eigenvalue weighted by Crippen LogP contribution is -2.03. The summed E-state index contributed by atoms with van der Waals surface area (Å²) in [5.74, 6) is 1.56. The average Bonchev–Trinajstić information content (AvgIpc) is 2.59. The Morgan fingerprint density at radius 3 is 2.04 bits per heavy atom. The number of rotatable bonds is 6. The minimum atomic E-state index is -0.468. The number of benzene rings is 2. The summed E-state index contributed by atoms with van der Waals surface area (Å²) in [6, 6.07) is 12.4. The van der Waals surface area contributed by atoms with Gasteiger partial charge in [0.15, 0.2) is 11.5 Å². The summed E-state index contributed by atoms with van der Waals surface area (Å²) >= 11 is 0. The lowest BCUT2D eigenvalue weighted by Gasteiger charge is -2.12. The minimum absolute atomic E-state index is 0.468. The molecule has 0 amide bonds. The van der Waals surface area contributed by atoms with Crippen LogP contribution in [0.4, 0.5) is 0 Å². The van der Waals surface area contributed by atoms with Crippen molar-refractivity contribution in [3.05, 3.63) is 54.1 Å². The Balaban J connectivity index is 2.17. The molecule has 2 aromatic carbocycles. The molecule has 0 aliphatic rings. The van der Waals surface area contributed by atoms with Crippen molar-refractivity contribution in [2.75, 3.05) is 21.3 Å². The van der Waals surface area contributed by atoms with Crippen LogP contribution in [0.2, 0.25) is 0 Å². The summed E-state index contributed by atoms with van der Waals surface area (Å²) < 4.78 is 21.0. The third-order valence-corrected chi connectivity index (χ3v) is 3.06. The number of methoxy groups -OCH3 is 3. The van der Waals surface area contributed by atoms with Gasteiger partial charge in [-0.3, -0.25) is 0 Å². The highest BCUT2D eigenvalue weighted by atomic mass is 16.5. The van der Waals surface area contributed by atoms with Crippen molar-refractivity contribution >= 4 is 12.0 Å². The van der Waals surface area contributed by atoms with Crippen LogP contribution in [0.1, 0.15) is 5.56 Å². The molecule has 2 aromatic rings. The molecule has 0 spiro atoms. The fourth-order valence-electron chi connectivity index (χ4n) is 2.00. The lowest BCUT2D eigenvalue weighted by atomic mass is 10.1. The van der Waals surface area contributed by atoms with Crippen molar-refractivity contribution in [3.8, 4) is 23.0 Å². The standard InChI is InChI=1S/C18H18O5/c1-20-15-11-13(12-16(21-2)18(15)22-3)9-10-17(19)23-14-7-5-4-6-8-14/h4-12H,1-3H3/b10-9+. The number of esters is 1. The smallest absolute Gasteiger partial charge is 0.336 e. The molecule has 0 fully saturated rings. The predicted molar refractivity (Wildman–Crippen MR) is 87.2 cm³/mol. The predicted octanol–water partition coefficient (Wildman–Crippen LogP) is 3.33. The van der Waals surface area contributed by atoms with Gasteiger partial charge >= 0.3 is 5.97 Å². The molecule has 0 aliphatic heterocycles. The number of para-hydroxylation sites is 1. The van der Waals surface area contributed by atoms with E-state index in [1.165, 1.54) is 27.4 Å². The first-order valence-corrected chi connectivity index (χ1v) is 6.93. The van der Waals surface area contributed by atoms with Gasteiger partial charge in [0, 0.05) is 6.08 Å². The highest BCUT2D eigenvalue weighted by Gasteiger charge is 2.12. The van der Waals surface area contributed by atoms with E-state index < -0.39 is 5.97 Å². The van der Waals surface area contributed by atoms with E-state index in [1.54, 1.807) is 42.5 Å². The minimum Gasteiger partial charge on any atom is -0.493 e. The van der Waals surface area contributed by atoms with Gasteiger partial charge in [-0.25, -0.2) is 4.79 Å². The molecule has 0 saturated carbocycles. The van der Waals surface area contributed by atoms with E-state index in [0.717, 1.165) is 5.56 Å². The van der Waals surface area contributed by atoms with Gasteiger partial charge in [-0.15, -0.1) is 0 Å². The molecule has 0 atom stereocenters. The van der Waals surface area contributed by atoms with Crippen LogP contribution in [0.3, 0.4) is 0 Å². The van der Waals surface area contributed by atoms with E-state index >= 15 is 0 Å². The van der Waals surface area contributed by atoms with Crippen LogP contribution in [-0.2, 0) is 4.79 Å². The van der Waals surface area contributed by atoms with Gasteiger partial charge < -0.3 is 18.9 Å². The molecule has 5 nitrogen and oxygen atoms in total. The van der Waals surface area contributed by atoms with Gasteiger partial charge in [-0.2, -0.15) is 0 Å². The summed E-state index contributed by atoms with van der Waals surface area (Å²) in [6.45, 7) is 0. The molecule has 0 saturated heterocycles. The molecule has 0 aliphatic carbocycles. The van der Waals surface area contributed by atoms with Crippen LogP contribution in [0.15, 0.2) is 48.5 Å². The Hall–Kier alpha value is -2.95. The molecule has 23 heavy (non-hydrogen) atoms. The van der Waals surface area contributed by atoms with Gasteiger partial charge in [0.1, 0.15) is 5.75 Å². The summed E-state index contributed by atoms with van der Waals surface area (Å²) in [5.41, 5.74) is 0.726. The van der Waals surface area contributed by atoms with Crippen LogP contribution in [0.5, 0.6) is 23.0 Å². The second-order valence-corrected chi connectivity index (χ2v) is 4.53. The van der Waals surface area contributed by atoms with Gasteiger partial charge in [0.05, 0.1) is 21.3 Å². The fraction of sp³-hybridized carbons (Fsp3) is 0.167. The molecule has 0 radical (unpaired) electrons. The molecule has 0 heterocycles. The highest BCUT2D eigenvalue weighted by Crippen LogP contribution is 2.38. The van der Waals surface area contributed by atoms with Crippen LogP contribution >= 0.6 is 0 Å². The first-order chi connectivity index (χ1) is 11.2. The van der Waals surface area contributed by atoms with Gasteiger partial charge in [-0.1, -0.05) is 18.2 Å². The number of carbonyl (C=O) groups is 1. The number of hydrogen-bond acceptors (Lipinski definition) is 5. The Bertz CT molecular complexity index is 667. The van der Waals surface area contributed by atoms with Crippen molar-refractivity contribution in [2.24, 2.45) is 0 Å². The maximum absolute atomic E-state index is 11.8. The quantitative estimate of drug-likeness (QED) is 0.465. The number of hydrogen-bond donors (Lipinski definition) is 0. The van der Waals surface area contributed by atoms with Crippen molar-refractivity contribution in [1.29, 1.82) is 0 Å². The first kappa shape index (κ1) is 16.4. The van der Waals surface area contributed by atoms with Crippen molar-refractivity contribution in [1.82, 2.24) is 0 Å². The second kappa shape index (κ2) is 7.89. The zero-order valence-corrected chi connectivity index (χ0v) is 13.2. The first-order valence-electron chi connectivity index (χ1n) is 6.93. The second-order valence-electron chi connectivity index (χ2n) is 4.53. The topological polar surface area (TPSA) is 54.0 Å². The number of ether oxygens (including phenoxy) is 4. The maximum atomic E-state index is 11.8. The molecule has 120 valence electrons. The van der Waals surface area contributed by atoms with Crippen molar-refractivity contribution in [3.63, 3.8) is 0 Å². The van der Waals surface area contributed by atoms with E-state index in [-0.39, 0.29) is 0 Å². The monoisotopic (exact) mass is 314 g/mol. The van der Waals surface area contributed by atoms with E-state index in [0.29, 0.717) is 23.0 Å².